The van der Waals surface area contributed by atoms with Crippen LogP contribution in [-0.4, -0.2) is 23.0 Å². The number of hydrogen-bond donors (Lipinski definition) is 2. The van der Waals surface area contributed by atoms with Gasteiger partial charge in [0.05, 0.1) is 5.41 Å². The Morgan fingerprint density at radius 2 is 2.00 bits per heavy atom. The molecular weight excluding hydrogens is 218 g/mol. The molecule has 2 aliphatic rings. The van der Waals surface area contributed by atoms with Crippen molar-refractivity contribution in [3.05, 3.63) is 0 Å². The molecule has 2 rings (SSSR count). The maximum atomic E-state index is 11.9. The van der Waals surface area contributed by atoms with E-state index in [1.165, 1.54) is 0 Å². The van der Waals surface area contributed by atoms with Crippen molar-refractivity contribution in [2.24, 2.45) is 11.3 Å². The van der Waals surface area contributed by atoms with Crippen LogP contribution in [0.4, 0.5) is 0 Å². The van der Waals surface area contributed by atoms with Gasteiger partial charge in [-0.25, -0.2) is 0 Å². The summed E-state index contributed by atoms with van der Waals surface area (Å²) < 4.78 is 0. The molecule has 4 heteroatoms. The van der Waals surface area contributed by atoms with Crippen molar-refractivity contribution in [1.82, 2.24) is 5.32 Å². The molecule has 0 aliphatic heterocycles. The Kier molecular flexibility index (Phi) is 3.40. The second-order valence-corrected chi connectivity index (χ2v) is 5.70. The van der Waals surface area contributed by atoms with Gasteiger partial charge in [-0.05, 0) is 31.6 Å². The minimum absolute atomic E-state index is 0.0779. The zero-order valence-corrected chi connectivity index (χ0v) is 10.4. The first-order chi connectivity index (χ1) is 8.03. The summed E-state index contributed by atoms with van der Waals surface area (Å²) in [6.45, 7) is 2.15. The van der Waals surface area contributed by atoms with Crippen LogP contribution in [0.15, 0.2) is 0 Å². The Morgan fingerprint density at radius 3 is 2.41 bits per heavy atom. The van der Waals surface area contributed by atoms with E-state index in [0.29, 0.717) is 18.8 Å². The van der Waals surface area contributed by atoms with Gasteiger partial charge in [0.1, 0.15) is 0 Å². The number of carbonyl (C=O) groups is 2. The lowest BCUT2D eigenvalue weighted by atomic mass is 9.66. The zero-order valence-electron chi connectivity index (χ0n) is 10.4. The van der Waals surface area contributed by atoms with Gasteiger partial charge in [-0.2, -0.15) is 0 Å². The predicted octanol–water partition coefficient (Wildman–Crippen LogP) is 1.94. The number of hydrogen-bond acceptors (Lipinski definition) is 2. The summed E-state index contributed by atoms with van der Waals surface area (Å²) in [6.07, 6.45) is 5.75. The van der Waals surface area contributed by atoms with Crippen molar-refractivity contribution in [3.63, 3.8) is 0 Å². The van der Waals surface area contributed by atoms with Gasteiger partial charge in [-0.1, -0.05) is 19.8 Å². The van der Waals surface area contributed by atoms with Crippen LogP contribution < -0.4 is 5.32 Å². The minimum Gasteiger partial charge on any atom is -0.481 e. The van der Waals surface area contributed by atoms with Crippen molar-refractivity contribution in [1.29, 1.82) is 0 Å². The smallest absolute Gasteiger partial charge is 0.310 e. The van der Waals surface area contributed by atoms with Crippen molar-refractivity contribution in [3.8, 4) is 0 Å². The number of carbonyl (C=O) groups excluding carboxylic acids is 1. The van der Waals surface area contributed by atoms with Gasteiger partial charge in [0.2, 0.25) is 5.91 Å². The highest BCUT2D eigenvalue weighted by molar-refractivity contribution is 5.85. The number of carboxylic acids is 1. The van der Waals surface area contributed by atoms with E-state index in [0.717, 1.165) is 25.7 Å². The highest BCUT2D eigenvalue weighted by Gasteiger charge is 2.46. The molecule has 0 saturated heterocycles. The third-order valence-corrected chi connectivity index (χ3v) is 4.47. The van der Waals surface area contributed by atoms with Gasteiger partial charge in [0.25, 0.3) is 0 Å². The lowest BCUT2D eigenvalue weighted by molar-refractivity contribution is -0.157. The zero-order chi connectivity index (χ0) is 12.5. The number of aliphatic carboxylic acids is 1. The van der Waals surface area contributed by atoms with Crippen molar-refractivity contribution < 1.29 is 14.7 Å². The van der Waals surface area contributed by atoms with Crippen LogP contribution in [0.1, 0.15) is 51.9 Å². The Bertz CT molecular complexity index is 323. The summed E-state index contributed by atoms with van der Waals surface area (Å²) in [6, 6.07) is 0.258. The maximum Gasteiger partial charge on any atom is 0.310 e. The van der Waals surface area contributed by atoms with E-state index in [-0.39, 0.29) is 18.4 Å². The summed E-state index contributed by atoms with van der Waals surface area (Å²) in [7, 11) is 0. The molecule has 2 saturated carbocycles. The van der Waals surface area contributed by atoms with Crippen LogP contribution in [0.3, 0.4) is 0 Å². The Labute approximate surface area is 102 Å². The van der Waals surface area contributed by atoms with Gasteiger partial charge >= 0.3 is 5.97 Å². The summed E-state index contributed by atoms with van der Waals surface area (Å²) >= 11 is 0. The largest absolute Gasteiger partial charge is 0.481 e. The number of amides is 1. The Balaban J connectivity index is 1.86. The Morgan fingerprint density at radius 1 is 1.29 bits per heavy atom. The average Bonchev–Trinajstić information content (AvgIpc) is 2.58. The SMILES string of the molecule is CC1CCCC1NC(=O)CC1(C(=O)O)CCC1. The van der Waals surface area contributed by atoms with Crippen molar-refractivity contribution in [2.75, 3.05) is 0 Å². The monoisotopic (exact) mass is 239 g/mol. The molecular formula is C13H21NO3. The highest BCUT2D eigenvalue weighted by Crippen LogP contribution is 2.44. The summed E-state index contributed by atoms with van der Waals surface area (Å²) in [5, 5.41) is 12.2. The average molecular weight is 239 g/mol. The molecule has 0 aromatic carbocycles. The fourth-order valence-electron chi connectivity index (χ4n) is 2.99. The van der Waals surface area contributed by atoms with E-state index in [2.05, 4.69) is 12.2 Å². The second-order valence-electron chi connectivity index (χ2n) is 5.70. The minimum atomic E-state index is -0.807. The molecule has 0 radical (unpaired) electrons. The molecule has 2 atom stereocenters. The fraction of sp³-hybridized carbons (Fsp3) is 0.846. The van der Waals surface area contributed by atoms with E-state index in [4.69, 9.17) is 5.11 Å². The van der Waals surface area contributed by atoms with Crippen LogP contribution >= 0.6 is 0 Å². The van der Waals surface area contributed by atoms with Gasteiger partial charge in [-0.3, -0.25) is 9.59 Å². The van der Waals surface area contributed by atoms with Gasteiger partial charge in [-0.15, -0.1) is 0 Å². The molecule has 2 fully saturated rings. The summed E-state index contributed by atoms with van der Waals surface area (Å²) in [4.78, 5) is 23.0. The number of rotatable bonds is 4. The third-order valence-electron chi connectivity index (χ3n) is 4.47. The molecule has 2 N–H and O–H groups in total. The standard InChI is InChI=1S/C13H21NO3/c1-9-4-2-5-10(9)14-11(15)8-13(12(16)17)6-3-7-13/h9-10H,2-8H2,1H3,(H,14,15)(H,16,17). The van der Waals surface area contributed by atoms with Crippen LogP contribution in [0.5, 0.6) is 0 Å². The van der Waals surface area contributed by atoms with E-state index >= 15 is 0 Å². The molecule has 96 valence electrons. The van der Waals surface area contributed by atoms with Crippen LogP contribution in [0, 0.1) is 11.3 Å². The van der Waals surface area contributed by atoms with Crippen molar-refractivity contribution >= 4 is 11.9 Å². The predicted molar refractivity (Wildman–Crippen MR) is 63.5 cm³/mol. The molecule has 0 bridgehead atoms. The van der Waals surface area contributed by atoms with E-state index in [9.17, 15) is 9.59 Å². The highest BCUT2D eigenvalue weighted by atomic mass is 16.4. The maximum absolute atomic E-state index is 11.9. The van der Waals surface area contributed by atoms with Gasteiger partial charge in [0, 0.05) is 12.5 Å². The van der Waals surface area contributed by atoms with Crippen LogP contribution in [0.25, 0.3) is 0 Å². The fourth-order valence-corrected chi connectivity index (χ4v) is 2.99. The summed E-state index contributed by atoms with van der Waals surface area (Å²) in [5.41, 5.74) is -0.758. The molecule has 0 aromatic rings. The molecule has 0 spiro atoms. The Hall–Kier alpha value is -1.06. The normalized spacial score (nSPS) is 30.6. The van der Waals surface area contributed by atoms with Crippen LogP contribution in [0.2, 0.25) is 0 Å². The molecule has 0 aromatic heterocycles. The van der Waals surface area contributed by atoms with E-state index in [1.54, 1.807) is 0 Å². The van der Waals surface area contributed by atoms with Crippen LogP contribution in [-0.2, 0) is 9.59 Å². The summed E-state index contributed by atoms with van der Waals surface area (Å²) in [5.74, 6) is -0.356. The lowest BCUT2D eigenvalue weighted by Crippen LogP contribution is -2.45. The topological polar surface area (TPSA) is 66.4 Å². The van der Waals surface area contributed by atoms with Crippen molar-refractivity contribution in [2.45, 2.75) is 57.9 Å². The molecule has 4 nitrogen and oxygen atoms in total. The van der Waals surface area contributed by atoms with Gasteiger partial charge < -0.3 is 10.4 Å². The molecule has 1 amide bonds. The molecule has 0 heterocycles. The molecule has 2 unspecified atom stereocenters. The number of carboxylic acid groups (broad SMARTS) is 1. The third kappa shape index (κ3) is 2.45. The quantitative estimate of drug-likeness (QED) is 0.787. The first-order valence-electron chi connectivity index (χ1n) is 6.56. The molecule has 2 aliphatic carbocycles. The lowest BCUT2D eigenvalue weighted by Gasteiger charge is -2.37. The second kappa shape index (κ2) is 4.67. The molecule has 17 heavy (non-hydrogen) atoms. The first kappa shape index (κ1) is 12.4. The van der Waals surface area contributed by atoms with Gasteiger partial charge in [0.15, 0.2) is 0 Å². The van der Waals surface area contributed by atoms with E-state index in [1.807, 2.05) is 0 Å². The first-order valence-corrected chi connectivity index (χ1v) is 6.56. The van der Waals surface area contributed by atoms with E-state index < -0.39 is 11.4 Å². The number of nitrogens with one attached hydrogen (secondary N) is 1.